The first-order valence-electron chi connectivity index (χ1n) is 10.9. The lowest BCUT2D eigenvalue weighted by molar-refractivity contribution is -0.124. The van der Waals surface area contributed by atoms with Crippen molar-refractivity contribution in [3.63, 3.8) is 0 Å². The number of benzene rings is 2. The van der Waals surface area contributed by atoms with Crippen LogP contribution in [0.5, 0.6) is 0 Å². The Morgan fingerprint density at radius 2 is 2.00 bits per heavy atom. The summed E-state index contributed by atoms with van der Waals surface area (Å²) >= 11 is 0. The van der Waals surface area contributed by atoms with Gasteiger partial charge in [0.25, 0.3) is 5.91 Å². The van der Waals surface area contributed by atoms with Crippen LogP contribution in [0.25, 0.3) is 11.1 Å². The predicted molar refractivity (Wildman–Crippen MR) is 118 cm³/mol. The molecule has 0 saturated carbocycles. The Kier molecular flexibility index (Phi) is 6.63. The Hall–Kier alpha value is -3.48. The fourth-order valence-electron chi connectivity index (χ4n) is 3.98. The van der Waals surface area contributed by atoms with Gasteiger partial charge in [-0.2, -0.15) is 0 Å². The van der Waals surface area contributed by atoms with E-state index in [0.717, 1.165) is 24.0 Å². The number of amides is 2. The van der Waals surface area contributed by atoms with E-state index < -0.39 is 0 Å². The van der Waals surface area contributed by atoms with Crippen molar-refractivity contribution < 1.29 is 18.5 Å². The quantitative estimate of drug-likeness (QED) is 0.638. The molecule has 1 N–H and O–H groups in total. The number of nitrogens with one attached hydrogen (secondary N) is 1. The zero-order chi connectivity index (χ0) is 22.5. The van der Waals surface area contributed by atoms with Crippen molar-refractivity contribution in [2.75, 3.05) is 19.6 Å². The molecule has 0 unspecified atom stereocenters. The maximum absolute atomic E-state index is 14.0. The molecule has 0 spiro atoms. The molecule has 2 amide bonds. The van der Waals surface area contributed by atoms with Crippen molar-refractivity contribution in [1.82, 2.24) is 15.4 Å². The van der Waals surface area contributed by atoms with E-state index in [1.807, 2.05) is 31.2 Å². The van der Waals surface area contributed by atoms with Crippen molar-refractivity contribution in [2.45, 2.75) is 26.2 Å². The minimum absolute atomic E-state index is 0.0784. The van der Waals surface area contributed by atoms with Gasteiger partial charge in [0.15, 0.2) is 5.69 Å². The highest BCUT2D eigenvalue weighted by Crippen LogP contribution is 2.24. The van der Waals surface area contributed by atoms with E-state index in [1.54, 1.807) is 29.2 Å². The summed E-state index contributed by atoms with van der Waals surface area (Å²) in [5.41, 5.74) is 2.54. The number of aromatic nitrogens is 1. The normalized spacial score (nSPS) is 16.5. The zero-order valence-corrected chi connectivity index (χ0v) is 18.0. The van der Waals surface area contributed by atoms with Gasteiger partial charge in [-0.05, 0) is 30.0 Å². The van der Waals surface area contributed by atoms with Crippen molar-refractivity contribution in [1.29, 1.82) is 0 Å². The monoisotopic (exact) mass is 435 g/mol. The summed E-state index contributed by atoms with van der Waals surface area (Å²) in [7, 11) is 0. The van der Waals surface area contributed by atoms with Crippen molar-refractivity contribution in [3.8, 4) is 11.1 Å². The number of halogens is 1. The third kappa shape index (κ3) is 4.88. The predicted octanol–water partition coefficient (Wildman–Crippen LogP) is 3.86. The first kappa shape index (κ1) is 21.7. The molecule has 2 aromatic carbocycles. The van der Waals surface area contributed by atoms with E-state index in [-0.39, 0.29) is 29.2 Å². The topological polar surface area (TPSA) is 75.4 Å². The van der Waals surface area contributed by atoms with Gasteiger partial charge >= 0.3 is 0 Å². The average molecular weight is 435 g/mol. The van der Waals surface area contributed by atoms with Gasteiger partial charge in [-0.25, -0.2) is 4.39 Å². The Morgan fingerprint density at radius 1 is 1.22 bits per heavy atom. The molecule has 0 bridgehead atoms. The second kappa shape index (κ2) is 9.77. The van der Waals surface area contributed by atoms with Crippen LogP contribution in [-0.2, 0) is 17.6 Å². The van der Waals surface area contributed by atoms with E-state index in [2.05, 4.69) is 10.5 Å². The molecule has 166 valence electrons. The Labute approximate surface area is 186 Å². The van der Waals surface area contributed by atoms with Crippen LogP contribution in [0.1, 0.15) is 35.2 Å². The molecule has 1 saturated heterocycles. The first-order chi connectivity index (χ1) is 15.5. The molecule has 4 rings (SSSR count). The molecule has 1 aliphatic heterocycles. The molecule has 1 fully saturated rings. The van der Waals surface area contributed by atoms with Gasteiger partial charge in [0.2, 0.25) is 5.91 Å². The first-order valence-corrected chi connectivity index (χ1v) is 10.9. The van der Waals surface area contributed by atoms with E-state index in [4.69, 9.17) is 4.52 Å². The Morgan fingerprint density at radius 3 is 2.75 bits per heavy atom. The van der Waals surface area contributed by atoms with Crippen LogP contribution >= 0.6 is 0 Å². The summed E-state index contributed by atoms with van der Waals surface area (Å²) in [4.78, 5) is 27.2. The SMILES string of the molecule is CCCc1cc(C(=O)N2CCNC(=O)[C@@H](Cc3ccc(-c4ccccc4F)cc3)C2)no1. The van der Waals surface area contributed by atoms with Crippen LogP contribution in [0.3, 0.4) is 0 Å². The van der Waals surface area contributed by atoms with E-state index in [0.29, 0.717) is 37.4 Å². The highest BCUT2D eigenvalue weighted by molar-refractivity contribution is 5.93. The summed E-state index contributed by atoms with van der Waals surface area (Å²) in [6, 6.07) is 15.8. The fraction of sp³-hybridized carbons (Fsp3) is 0.320. The van der Waals surface area contributed by atoms with Gasteiger partial charge in [-0.3, -0.25) is 9.59 Å². The third-order valence-corrected chi connectivity index (χ3v) is 5.68. The number of aryl methyl sites for hydroxylation is 1. The Bertz CT molecular complexity index is 1090. The molecule has 1 aromatic heterocycles. The number of hydrogen-bond donors (Lipinski definition) is 1. The van der Waals surface area contributed by atoms with Crippen LogP contribution in [0.2, 0.25) is 0 Å². The molecular weight excluding hydrogens is 409 g/mol. The lowest BCUT2D eigenvalue weighted by Gasteiger charge is -2.22. The number of carbonyl (C=O) groups excluding carboxylic acids is 2. The highest BCUT2D eigenvalue weighted by Gasteiger charge is 2.29. The van der Waals surface area contributed by atoms with Crippen LogP contribution in [0.15, 0.2) is 59.1 Å². The fourth-order valence-corrected chi connectivity index (χ4v) is 3.98. The molecule has 32 heavy (non-hydrogen) atoms. The highest BCUT2D eigenvalue weighted by atomic mass is 19.1. The number of carbonyl (C=O) groups is 2. The minimum atomic E-state index is -0.386. The maximum atomic E-state index is 14.0. The smallest absolute Gasteiger partial charge is 0.276 e. The second-order valence-electron chi connectivity index (χ2n) is 8.05. The third-order valence-electron chi connectivity index (χ3n) is 5.68. The lowest BCUT2D eigenvalue weighted by Crippen LogP contribution is -2.37. The second-order valence-corrected chi connectivity index (χ2v) is 8.05. The molecule has 3 aromatic rings. The molecule has 1 atom stereocenters. The standard InChI is InChI=1S/C25H26FN3O3/c1-2-5-20-15-23(28-32-20)25(31)29-13-12-27-24(30)19(16-29)14-17-8-10-18(11-9-17)21-6-3-4-7-22(21)26/h3-4,6-11,15,19H,2,5,12-14,16H2,1H3,(H,27,30)/t19-/m0/s1. The van der Waals surface area contributed by atoms with Crippen molar-refractivity contribution in [3.05, 3.63) is 77.4 Å². The number of rotatable bonds is 6. The molecular formula is C25H26FN3O3. The van der Waals surface area contributed by atoms with Gasteiger partial charge in [0.05, 0.1) is 5.92 Å². The summed E-state index contributed by atoms with van der Waals surface area (Å²) in [5, 5.41) is 6.81. The van der Waals surface area contributed by atoms with Gasteiger partial charge in [0, 0.05) is 37.7 Å². The van der Waals surface area contributed by atoms with Gasteiger partial charge in [-0.1, -0.05) is 54.5 Å². The minimum Gasteiger partial charge on any atom is -0.361 e. The largest absolute Gasteiger partial charge is 0.361 e. The summed E-state index contributed by atoms with van der Waals surface area (Å²) < 4.78 is 19.3. The average Bonchev–Trinajstić information content (AvgIpc) is 3.19. The molecule has 7 heteroatoms. The summed E-state index contributed by atoms with van der Waals surface area (Å²) in [6.45, 7) is 3.15. The van der Waals surface area contributed by atoms with Gasteiger partial charge in [-0.15, -0.1) is 0 Å². The van der Waals surface area contributed by atoms with Crippen LogP contribution in [0, 0.1) is 11.7 Å². The Balaban J connectivity index is 1.46. The number of hydrogen-bond acceptors (Lipinski definition) is 4. The van der Waals surface area contributed by atoms with Crippen molar-refractivity contribution in [2.24, 2.45) is 5.92 Å². The summed E-state index contributed by atoms with van der Waals surface area (Å²) in [5.74, 6) is -0.278. The van der Waals surface area contributed by atoms with Crippen LogP contribution in [-0.4, -0.2) is 41.5 Å². The molecule has 1 aliphatic rings. The lowest BCUT2D eigenvalue weighted by atomic mass is 9.96. The van der Waals surface area contributed by atoms with E-state index in [1.165, 1.54) is 6.07 Å². The zero-order valence-electron chi connectivity index (χ0n) is 18.0. The van der Waals surface area contributed by atoms with Crippen LogP contribution < -0.4 is 5.32 Å². The van der Waals surface area contributed by atoms with E-state index in [9.17, 15) is 14.0 Å². The molecule has 6 nitrogen and oxygen atoms in total. The maximum Gasteiger partial charge on any atom is 0.276 e. The molecule has 0 aliphatic carbocycles. The van der Waals surface area contributed by atoms with Crippen LogP contribution in [0.4, 0.5) is 4.39 Å². The van der Waals surface area contributed by atoms with Gasteiger partial charge < -0.3 is 14.7 Å². The number of nitrogens with zero attached hydrogens (tertiary/aromatic N) is 2. The van der Waals surface area contributed by atoms with Crippen molar-refractivity contribution >= 4 is 11.8 Å². The summed E-state index contributed by atoms with van der Waals surface area (Å²) in [6.07, 6.45) is 2.11. The van der Waals surface area contributed by atoms with E-state index >= 15 is 0 Å². The molecule has 0 radical (unpaired) electrons. The molecule has 2 heterocycles. The van der Waals surface area contributed by atoms with Gasteiger partial charge in [0.1, 0.15) is 11.6 Å².